The molecule has 2 N–H and O–H groups in total. The number of aromatic nitrogens is 2. The quantitative estimate of drug-likeness (QED) is 0.797. The van der Waals surface area contributed by atoms with E-state index in [4.69, 9.17) is 5.73 Å². The van der Waals surface area contributed by atoms with E-state index in [0.717, 1.165) is 22.3 Å². The van der Waals surface area contributed by atoms with E-state index in [9.17, 15) is 0 Å². The molecule has 1 aromatic heterocycles. The van der Waals surface area contributed by atoms with Gasteiger partial charge in [0.05, 0.1) is 0 Å². The summed E-state index contributed by atoms with van der Waals surface area (Å²) in [5.74, 6) is 1.01. The van der Waals surface area contributed by atoms with Crippen LogP contribution < -0.4 is 5.73 Å². The molecule has 2 rings (SSSR count). The van der Waals surface area contributed by atoms with Crippen molar-refractivity contribution in [3.8, 4) is 0 Å². The van der Waals surface area contributed by atoms with Crippen LogP contribution >= 0.6 is 38.5 Å². The van der Waals surface area contributed by atoms with Crippen LogP contribution in [0.25, 0.3) is 0 Å². The van der Waals surface area contributed by atoms with E-state index < -0.39 is 0 Å². The summed E-state index contributed by atoms with van der Waals surface area (Å²) in [6.45, 7) is 0. The molecule has 1 aromatic carbocycles. The number of nitrogens with two attached hydrogens (primary N) is 1. The maximum Gasteiger partial charge on any atom is 0.110 e. The first-order valence-corrected chi connectivity index (χ1v) is 7.12. The molecule has 1 unspecified atom stereocenters. The van der Waals surface area contributed by atoms with Gasteiger partial charge in [-0.25, -0.2) is 4.98 Å². The minimum absolute atomic E-state index is 0.0273. The highest BCUT2D eigenvalue weighted by molar-refractivity contribution is 14.1. The van der Waals surface area contributed by atoms with E-state index >= 15 is 0 Å². The molecule has 3 nitrogen and oxygen atoms in total. The minimum Gasteiger partial charge on any atom is -0.338 e. The smallest absolute Gasteiger partial charge is 0.110 e. The van der Waals surface area contributed by atoms with Crippen LogP contribution in [0.1, 0.15) is 17.4 Å². The molecule has 0 bridgehead atoms. The van der Waals surface area contributed by atoms with Crippen molar-refractivity contribution < 1.29 is 0 Å². The summed E-state index contributed by atoms with van der Waals surface area (Å²) >= 11 is 5.79. The summed E-state index contributed by atoms with van der Waals surface area (Å²) in [5.41, 5.74) is 7.40. The number of hydrogen-bond donors (Lipinski definition) is 1. The summed E-state index contributed by atoms with van der Waals surface area (Å²) in [7, 11) is 1.99. The molecule has 0 spiro atoms. The summed E-state index contributed by atoms with van der Waals surface area (Å²) in [6, 6.07) is 6.15. The van der Waals surface area contributed by atoms with Crippen molar-refractivity contribution in [3.05, 3.63) is 50.0 Å². The average Bonchev–Trinajstić information content (AvgIpc) is 2.68. The Hall–Kier alpha value is -0.400. The number of hydrogen-bond acceptors (Lipinski definition) is 2. The van der Waals surface area contributed by atoms with Gasteiger partial charge in [0.15, 0.2) is 0 Å². The number of benzene rings is 1. The molecule has 1 heterocycles. The molecule has 17 heavy (non-hydrogen) atoms. The second kappa shape index (κ2) is 5.49. The Morgan fingerprint density at radius 2 is 2.29 bits per heavy atom. The first kappa shape index (κ1) is 13.0. The van der Waals surface area contributed by atoms with Gasteiger partial charge in [0.1, 0.15) is 5.82 Å². The Bertz CT molecular complexity index is 524. The zero-order valence-electron chi connectivity index (χ0n) is 9.40. The van der Waals surface area contributed by atoms with Crippen molar-refractivity contribution in [2.45, 2.75) is 12.5 Å². The number of imidazole rings is 1. The second-order valence-electron chi connectivity index (χ2n) is 3.93. The third kappa shape index (κ3) is 3.08. The topological polar surface area (TPSA) is 43.8 Å². The third-order valence-corrected chi connectivity index (χ3v) is 4.16. The van der Waals surface area contributed by atoms with Gasteiger partial charge in [-0.3, -0.25) is 0 Å². The van der Waals surface area contributed by atoms with Gasteiger partial charge in [0.2, 0.25) is 0 Å². The van der Waals surface area contributed by atoms with Crippen molar-refractivity contribution in [1.82, 2.24) is 9.55 Å². The second-order valence-corrected chi connectivity index (χ2v) is 6.01. The van der Waals surface area contributed by atoms with Crippen LogP contribution in [0, 0.1) is 3.57 Å². The van der Waals surface area contributed by atoms with Gasteiger partial charge in [0, 0.05) is 39.9 Å². The lowest BCUT2D eigenvalue weighted by Gasteiger charge is -2.14. The van der Waals surface area contributed by atoms with Crippen molar-refractivity contribution in [2.24, 2.45) is 12.8 Å². The molecule has 0 fully saturated rings. The molecule has 2 aromatic rings. The van der Waals surface area contributed by atoms with E-state index in [1.54, 1.807) is 6.20 Å². The highest BCUT2D eigenvalue weighted by Crippen LogP contribution is 2.24. The lowest BCUT2D eigenvalue weighted by Crippen LogP contribution is -2.17. The van der Waals surface area contributed by atoms with Crippen LogP contribution in [0.3, 0.4) is 0 Å². The van der Waals surface area contributed by atoms with Gasteiger partial charge >= 0.3 is 0 Å². The zero-order chi connectivity index (χ0) is 12.4. The Balaban J connectivity index is 2.23. The molecule has 90 valence electrons. The minimum atomic E-state index is -0.0273. The molecule has 0 aliphatic carbocycles. The molecule has 0 aliphatic rings. The van der Waals surface area contributed by atoms with Gasteiger partial charge in [-0.05, 0) is 46.4 Å². The largest absolute Gasteiger partial charge is 0.338 e. The molecule has 0 saturated heterocycles. The van der Waals surface area contributed by atoms with Crippen LogP contribution in [0.2, 0.25) is 0 Å². The fraction of sp³-hybridized carbons (Fsp3) is 0.250. The maximum absolute atomic E-state index is 6.25. The Morgan fingerprint density at radius 1 is 1.53 bits per heavy atom. The standard InChI is InChI=1S/C12H13BrIN3/c1-17-5-4-16-12(17)7-11(15)9-6-8(13)2-3-10(9)14/h2-6,11H,7,15H2,1H3. The molecule has 0 saturated carbocycles. The number of rotatable bonds is 3. The number of aryl methyl sites for hydroxylation is 1. The fourth-order valence-corrected chi connectivity index (χ4v) is 2.81. The van der Waals surface area contributed by atoms with E-state index in [1.165, 1.54) is 3.57 Å². The van der Waals surface area contributed by atoms with Gasteiger partial charge in [0.25, 0.3) is 0 Å². The SMILES string of the molecule is Cn1ccnc1CC(N)c1cc(Br)ccc1I. The van der Waals surface area contributed by atoms with Gasteiger partial charge < -0.3 is 10.3 Å². The van der Waals surface area contributed by atoms with E-state index in [2.05, 4.69) is 55.6 Å². The summed E-state index contributed by atoms with van der Waals surface area (Å²) in [4.78, 5) is 4.30. The lowest BCUT2D eigenvalue weighted by molar-refractivity contribution is 0.657. The number of nitrogens with zero attached hydrogens (tertiary/aromatic N) is 2. The van der Waals surface area contributed by atoms with Crippen LogP contribution in [-0.2, 0) is 13.5 Å². The predicted molar refractivity (Wildman–Crippen MR) is 80.7 cm³/mol. The van der Waals surface area contributed by atoms with Crippen molar-refractivity contribution in [2.75, 3.05) is 0 Å². The van der Waals surface area contributed by atoms with Crippen LogP contribution in [0.4, 0.5) is 0 Å². The first-order chi connectivity index (χ1) is 8.08. The molecule has 0 amide bonds. The lowest BCUT2D eigenvalue weighted by atomic mass is 10.0. The molecule has 0 radical (unpaired) electrons. The average molecular weight is 406 g/mol. The van der Waals surface area contributed by atoms with Gasteiger partial charge in [-0.1, -0.05) is 15.9 Å². The van der Waals surface area contributed by atoms with Gasteiger partial charge in [-0.2, -0.15) is 0 Å². The molecular formula is C12H13BrIN3. The molecule has 5 heteroatoms. The zero-order valence-corrected chi connectivity index (χ0v) is 13.1. The Kier molecular flexibility index (Phi) is 4.22. The number of halogens is 2. The summed E-state index contributed by atoms with van der Waals surface area (Å²) in [6.07, 6.45) is 4.48. The fourth-order valence-electron chi connectivity index (χ4n) is 1.70. The van der Waals surface area contributed by atoms with Crippen LogP contribution in [-0.4, -0.2) is 9.55 Å². The molecule has 1 atom stereocenters. The molecule has 0 aliphatic heterocycles. The Morgan fingerprint density at radius 3 is 2.94 bits per heavy atom. The van der Waals surface area contributed by atoms with Crippen LogP contribution in [0.5, 0.6) is 0 Å². The molecular weight excluding hydrogens is 393 g/mol. The van der Waals surface area contributed by atoms with E-state index in [0.29, 0.717) is 0 Å². The summed E-state index contributed by atoms with van der Waals surface area (Å²) < 4.78 is 4.25. The summed E-state index contributed by atoms with van der Waals surface area (Å²) in [5, 5.41) is 0. The van der Waals surface area contributed by atoms with E-state index in [1.807, 2.05) is 23.9 Å². The Labute approximate surface area is 123 Å². The normalized spacial score (nSPS) is 12.7. The monoisotopic (exact) mass is 405 g/mol. The van der Waals surface area contributed by atoms with Crippen LogP contribution in [0.15, 0.2) is 35.1 Å². The van der Waals surface area contributed by atoms with Crippen molar-refractivity contribution >= 4 is 38.5 Å². The highest BCUT2D eigenvalue weighted by Gasteiger charge is 2.13. The third-order valence-electron chi connectivity index (χ3n) is 2.68. The maximum atomic E-state index is 6.25. The van der Waals surface area contributed by atoms with E-state index in [-0.39, 0.29) is 6.04 Å². The highest BCUT2D eigenvalue weighted by atomic mass is 127. The van der Waals surface area contributed by atoms with Crippen molar-refractivity contribution in [1.29, 1.82) is 0 Å². The predicted octanol–water partition coefficient (Wildman–Crippen LogP) is 3.03. The van der Waals surface area contributed by atoms with Gasteiger partial charge in [-0.15, -0.1) is 0 Å². The van der Waals surface area contributed by atoms with Crippen molar-refractivity contribution in [3.63, 3.8) is 0 Å². The first-order valence-electron chi connectivity index (χ1n) is 5.24.